The summed E-state index contributed by atoms with van der Waals surface area (Å²) < 4.78 is 5.26. The van der Waals surface area contributed by atoms with Crippen LogP contribution in [-0.4, -0.2) is 29.2 Å². The predicted molar refractivity (Wildman–Crippen MR) is 92.4 cm³/mol. The highest BCUT2D eigenvalue weighted by atomic mass is 35.5. The van der Waals surface area contributed by atoms with Crippen molar-refractivity contribution in [2.45, 2.75) is 33.4 Å². The lowest BCUT2D eigenvalue weighted by Gasteiger charge is -2.20. The first kappa shape index (κ1) is 17.3. The van der Waals surface area contributed by atoms with Crippen molar-refractivity contribution >= 4 is 17.6 Å². The molecular formula is C16H22ClN5O. The van der Waals surface area contributed by atoms with Crippen molar-refractivity contribution in [1.29, 1.82) is 0 Å². The van der Waals surface area contributed by atoms with Gasteiger partial charge in [-0.05, 0) is 25.0 Å². The van der Waals surface area contributed by atoms with Gasteiger partial charge in [0.15, 0.2) is 5.96 Å². The van der Waals surface area contributed by atoms with Gasteiger partial charge in [0.2, 0.25) is 11.7 Å². The molecule has 0 radical (unpaired) electrons. The molecule has 1 unspecified atom stereocenters. The van der Waals surface area contributed by atoms with Crippen molar-refractivity contribution in [2.24, 2.45) is 10.9 Å². The smallest absolute Gasteiger partial charge is 0.246 e. The molecule has 0 saturated carbocycles. The Morgan fingerprint density at radius 1 is 1.35 bits per heavy atom. The van der Waals surface area contributed by atoms with E-state index in [9.17, 15) is 0 Å². The van der Waals surface area contributed by atoms with E-state index in [-0.39, 0.29) is 0 Å². The summed E-state index contributed by atoms with van der Waals surface area (Å²) in [5.41, 5.74) is 0.823. The molecule has 6 nitrogen and oxygen atoms in total. The van der Waals surface area contributed by atoms with Crippen molar-refractivity contribution in [1.82, 2.24) is 20.8 Å². The molecule has 0 saturated heterocycles. The van der Waals surface area contributed by atoms with Gasteiger partial charge in [0, 0.05) is 23.7 Å². The van der Waals surface area contributed by atoms with Crippen LogP contribution in [0.4, 0.5) is 0 Å². The minimum atomic E-state index is 0.311. The Morgan fingerprint density at radius 3 is 2.78 bits per heavy atom. The van der Waals surface area contributed by atoms with Gasteiger partial charge in [-0.1, -0.05) is 42.7 Å². The van der Waals surface area contributed by atoms with Gasteiger partial charge in [-0.2, -0.15) is 4.98 Å². The van der Waals surface area contributed by atoms with E-state index in [1.807, 2.05) is 12.1 Å². The van der Waals surface area contributed by atoms with Gasteiger partial charge < -0.3 is 15.2 Å². The van der Waals surface area contributed by atoms with E-state index in [1.54, 1.807) is 19.2 Å². The van der Waals surface area contributed by atoms with Crippen LogP contribution < -0.4 is 10.6 Å². The molecule has 2 rings (SSSR count). The fourth-order valence-electron chi connectivity index (χ4n) is 1.81. The molecular weight excluding hydrogens is 314 g/mol. The Bertz CT molecular complexity index is 668. The second-order valence-electron chi connectivity index (χ2n) is 5.62. The molecule has 0 aliphatic carbocycles. The fourth-order valence-corrected chi connectivity index (χ4v) is 2.00. The van der Waals surface area contributed by atoms with E-state index >= 15 is 0 Å². The van der Waals surface area contributed by atoms with Gasteiger partial charge in [-0.3, -0.25) is 4.99 Å². The molecule has 0 aliphatic heterocycles. The first-order valence-electron chi connectivity index (χ1n) is 7.55. The molecule has 1 aromatic heterocycles. The lowest BCUT2D eigenvalue weighted by molar-refractivity contribution is 0.374. The fraction of sp³-hybridized carbons (Fsp3) is 0.438. The number of nitrogens with zero attached hydrogens (tertiary/aromatic N) is 3. The highest BCUT2D eigenvalue weighted by Gasteiger charge is 2.12. The van der Waals surface area contributed by atoms with Crippen molar-refractivity contribution in [3.63, 3.8) is 0 Å². The summed E-state index contributed by atoms with van der Waals surface area (Å²) in [5, 5.41) is 11.1. The zero-order chi connectivity index (χ0) is 16.8. The van der Waals surface area contributed by atoms with Gasteiger partial charge in [0.1, 0.15) is 0 Å². The number of guanidine groups is 1. The highest BCUT2D eigenvalue weighted by Crippen LogP contribution is 2.19. The SMILES string of the molecule is CN=C(NCc1nc(-c2cccc(Cl)c2)no1)NC(C)C(C)C. The summed E-state index contributed by atoms with van der Waals surface area (Å²) in [4.78, 5) is 8.55. The molecule has 1 aromatic carbocycles. The van der Waals surface area contributed by atoms with Crippen LogP contribution in [0.2, 0.25) is 5.02 Å². The number of halogens is 1. The van der Waals surface area contributed by atoms with E-state index in [1.165, 1.54) is 0 Å². The Labute approximate surface area is 141 Å². The third-order valence-electron chi connectivity index (χ3n) is 3.55. The molecule has 124 valence electrons. The van der Waals surface area contributed by atoms with E-state index in [2.05, 4.69) is 46.5 Å². The van der Waals surface area contributed by atoms with Gasteiger partial charge in [0.25, 0.3) is 0 Å². The molecule has 0 spiro atoms. The molecule has 0 fully saturated rings. The van der Waals surface area contributed by atoms with E-state index in [0.29, 0.717) is 41.2 Å². The molecule has 0 bridgehead atoms. The molecule has 2 N–H and O–H groups in total. The van der Waals surface area contributed by atoms with Crippen molar-refractivity contribution in [2.75, 3.05) is 7.05 Å². The topological polar surface area (TPSA) is 75.3 Å². The average Bonchev–Trinajstić information content (AvgIpc) is 3.00. The largest absolute Gasteiger partial charge is 0.354 e. The number of aromatic nitrogens is 2. The molecule has 1 heterocycles. The zero-order valence-corrected chi connectivity index (χ0v) is 14.6. The monoisotopic (exact) mass is 335 g/mol. The second-order valence-corrected chi connectivity index (χ2v) is 6.06. The van der Waals surface area contributed by atoms with Crippen LogP contribution in [-0.2, 0) is 6.54 Å². The van der Waals surface area contributed by atoms with Crippen LogP contribution in [0, 0.1) is 5.92 Å². The van der Waals surface area contributed by atoms with Crippen LogP contribution in [0.1, 0.15) is 26.7 Å². The number of aliphatic imine (C=N–C) groups is 1. The number of rotatable bonds is 5. The first-order chi connectivity index (χ1) is 11.0. The summed E-state index contributed by atoms with van der Waals surface area (Å²) in [6.45, 7) is 6.82. The van der Waals surface area contributed by atoms with Crippen LogP contribution in [0.15, 0.2) is 33.8 Å². The minimum absolute atomic E-state index is 0.311. The Morgan fingerprint density at radius 2 is 2.13 bits per heavy atom. The van der Waals surface area contributed by atoms with E-state index < -0.39 is 0 Å². The predicted octanol–water partition coefficient (Wildman–Crippen LogP) is 3.10. The van der Waals surface area contributed by atoms with Crippen LogP contribution in [0.5, 0.6) is 0 Å². The highest BCUT2D eigenvalue weighted by molar-refractivity contribution is 6.30. The standard InChI is InChI=1S/C16H22ClN5O/c1-10(2)11(3)20-16(18-4)19-9-14-21-15(22-23-14)12-6-5-7-13(17)8-12/h5-8,10-11H,9H2,1-4H3,(H2,18,19,20). The molecule has 23 heavy (non-hydrogen) atoms. The lowest BCUT2D eigenvalue weighted by atomic mass is 10.1. The number of nitrogens with one attached hydrogen (secondary N) is 2. The van der Waals surface area contributed by atoms with Gasteiger partial charge >= 0.3 is 0 Å². The summed E-state index contributed by atoms with van der Waals surface area (Å²) >= 11 is 5.97. The van der Waals surface area contributed by atoms with E-state index in [4.69, 9.17) is 16.1 Å². The maximum absolute atomic E-state index is 5.97. The van der Waals surface area contributed by atoms with Gasteiger partial charge in [0.05, 0.1) is 6.54 Å². The van der Waals surface area contributed by atoms with E-state index in [0.717, 1.165) is 5.56 Å². The average molecular weight is 336 g/mol. The van der Waals surface area contributed by atoms with Gasteiger partial charge in [-0.25, -0.2) is 0 Å². The van der Waals surface area contributed by atoms with Crippen molar-refractivity contribution in [3.8, 4) is 11.4 Å². The van der Waals surface area contributed by atoms with Crippen LogP contribution >= 0.6 is 11.6 Å². The number of hydrogen-bond donors (Lipinski definition) is 2. The number of benzene rings is 1. The summed E-state index contributed by atoms with van der Waals surface area (Å²) in [6, 6.07) is 7.66. The van der Waals surface area contributed by atoms with Crippen LogP contribution in [0.3, 0.4) is 0 Å². The summed E-state index contributed by atoms with van der Waals surface area (Å²) in [6.07, 6.45) is 0. The Kier molecular flexibility index (Phi) is 5.98. The first-order valence-corrected chi connectivity index (χ1v) is 7.93. The number of hydrogen-bond acceptors (Lipinski definition) is 4. The lowest BCUT2D eigenvalue weighted by Crippen LogP contribution is -2.43. The van der Waals surface area contributed by atoms with Gasteiger partial charge in [-0.15, -0.1) is 0 Å². The van der Waals surface area contributed by atoms with Crippen LogP contribution in [0.25, 0.3) is 11.4 Å². The zero-order valence-electron chi connectivity index (χ0n) is 13.8. The Balaban J connectivity index is 1.96. The minimum Gasteiger partial charge on any atom is -0.354 e. The maximum atomic E-state index is 5.97. The third kappa shape index (κ3) is 4.96. The molecule has 2 aromatic rings. The van der Waals surface area contributed by atoms with Crippen molar-refractivity contribution in [3.05, 3.63) is 35.2 Å². The molecule has 1 atom stereocenters. The summed E-state index contributed by atoms with van der Waals surface area (Å²) in [7, 11) is 1.73. The molecule has 7 heteroatoms. The third-order valence-corrected chi connectivity index (χ3v) is 3.78. The quantitative estimate of drug-likeness (QED) is 0.648. The molecule has 0 amide bonds. The second kappa shape index (κ2) is 7.97. The normalized spacial score (nSPS) is 13.2. The Hall–Kier alpha value is -2.08. The maximum Gasteiger partial charge on any atom is 0.246 e. The summed E-state index contributed by atoms with van der Waals surface area (Å²) in [5.74, 6) is 2.21. The van der Waals surface area contributed by atoms with Crippen molar-refractivity contribution < 1.29 is 4.52 Å². The molecule has 0 aliphatic rings.